The van der Waals surface area contributed by atoms with Crippen LogP contribution in [0.1, 0.15) is 19.4 Å². The average Bonchev–Trinajstić information content (AvgIpc) is 2.40. The lowest BCUT2D eigenvalue weighted by Gasteiger charge is -2.22. The van der Waals surface area contributed by atoms with Crippen molar-refractivity contribution in [1.82, 2.24) is 9.97 Å². The van der Waals surface area contributed by atoms with Crippen molar-refractivity contribution >= 4 is 17.2 Å². The van der Waals surface area contributed by atoms with Gasteiger partial charge in [0.15, 0.2) is 5.82 Å². The zero-order valence-corrected chi connectivity index (χ0v) is 12.3. The number of hydrogen-bond donors (Lipinski definition) is 1. The largest absolute Gasteiger partial charge is 0.473 e. The van der Waals surface area contributed by atoms with E-state index in [9.17, 15) is 0 Å². The number of aromatic nitrogens is 2. The molecule has 0 saturated carbocycles. The molecule has 2 aromatic rings. The fraction of sp³-hybridized carbons (Fsp3) is 0.333. The highest BCUT2D eigenvalue weighted by Gasteiger charge is 2.16. The molecule has 0 bridgehead atoms. The van der Waals surface area contributed by atoms with Gasteiger partial charge in [-0.15, -0.1) is 0 Å². The predicted octanol–water partition coefficient (Wildman–Crippen LogP) is 2.92. The first-order valence-corrected chi connectivity index (χ1v) is 6.57. The van der Waals surface area contributed by atoms with E-state index in [1.807, 2.05) is 44.0 Å². The van der Waals surface area contributed by atoms with Crippen molar-refractivity contribution < 1.29 is 4.74 Å². The Hall–Kier alpha value is -2.30. The van der Waals surface area contributed by atoms with Crippen LogP contribution in [0, 0.1) is 6.92 Å². The molecule has 0 unspecified atom stereocenters. The highest BCUT2D eigenvalue weighted by molar-refractivity contribution is 5.75. The van der Waals surface area contributed by atoms with Gasteiger partial charge in [0.05, 0.1) is 6.10 Å². The highest BCUT2D eigenvalue weighted by Crippen LogP contribution is 2.33. The van der Waals surface area contributed by atoms with E-state index >= 15 is 0 Å². The summed E-state index contributed by atoms with van der Waals surface area (Å²) in [6.45, 7) is 5.92. The Balaban J connectivity index is 2.40. The predicted molar refractivity (Wildman–Crippen MR) is 81.5 cm³/mol. The number of nitrogens with zero attached hydrogens (tertiary/aromatic N) is 3. The Morgan fingerprint density at radius 1 is 1.20 bits per heavy atom. The van der Waals surface area contributed by atoms with E-state index in [1.54, 1.807) is 0 Å². The summed E-state index contributed by atoms with van der Waals surface area (Å²) in [5, 5.41) is 0. The normalized spacial score (nSPS) is 10.7. The highest BCUT2D eigenvalue weighted by atomic mass is 16.5. The van der Waals surface area contributed by atoms with Crippen molar-refractivity contribution in [3.63, 3.8) is 0 Å². The fourth-order valence-corrected chi connectivity index (χ4v) is 2.01. The van der Waals surface area contributed by atoms with E-state index in [1.165, 1.54) is 6.33 Å². The SMILES string of the molecule is Cc1ccccc1N(C)c1ncnc(OC(C)C)c1N. The van der Waals surface area contributed by atoms with E-state index in [0.717, 1.165) is 11.3 Å². The molecule has 1 aromatic carbocycles. The maximum Gasteiger partial charge on any atom is 0.242 e. The van der Waals surface area contributed by atoms with Gasteiger partial charge in [0.25, 0.3) is 0 Å². The smallest absolute Gasteiger partial charge is 0.242 e. The second kappa shape index (κ2) is 5.77. The third-order valence-corrected chi connectivity index (χ3v) is 2.97. The molecule has 5 nitrogen and oxygen atoms in total. The van der Waals surface area contributed by atoms with Gasteiger partial charge in [-0.05, 0) is 32.4 Å². The Kier molecular flexibility index (Phi) is 4.08. The van der Waals surface area contributed by atoms with Gasteiger partial charge in [-0.3, -0.25) is 0 Å². The molecule has 106 valence electrons. The standard InChI is InChI=1S/C15H20N4O/c1-10(2)20-15-13(16)14(17-9-18-15)19(4)12-8-6-5-7-11(12)3/h5-10H,16H2,1-4H3. The zero-order chi connectivity index (χ0) is 14.7. The molecule has 0 atom stereocenters. The van der Waals surface area contributed by atoms with Crippen molar-refractivity contribution in [3.05, 3.63) is 36.2 Å². The minimum Gasteiger partial charge on any atom is -0.473 e. The first-order valence-electron chi connectivity index (χ1n) is 6.57. The number of aryl methyl sites for hydroxylation is 1. The molecule has 1 heterocycles. The van der Waals surface area contributed by atoms with Crippen LogP contribution in [0.15, 0.2) is 30.6 Å². The van der Waals surface area contributed by atoms with Crippen LogP contribution < -0.4 is 15.4 Å². The van der Waals surface area contributed by atoms with Crippen LogP contribution in [0.5, 0.6) is 5.88 Å². The van der Waals surface area contributed by atoms with E-state index in [4.69, 9.17) is 10.5 Å². The summed E-state index contributed by atoms with van der Waals surface area (Å²) in [5.41, 5.74) is 8.78. The van der Waals surface area contributed by atoms with E-state index < -0.39 is 0 Å². The lowest BCUT2D eigenvalue weighted by atomic mass is 10.2. The Bertz CT molecular complexity index is 598. The van der Waals surface area contributed by atoms with Gasteiger partial charge in [0.1, 0.15) is 12.0 Å². The molecule has 1 aromatic heterocycles. The first kappa shape index (κ1) is 14.1. The van der Waals surface area contributed by atoms with Gasteiger partial charge >= 0.3 is 0 Å². The molecule has 0 spiro atoms. The number of nitrogens with two attached hydrogens (primary N) is 1. The van der Waals surface area contributed by atoms with Gasteiger partial charge in [-0.1, -0.05) is 18.2 Å². The molecule has 20 heavy (non-hydrogen) atoms. The van der Waals surface area contributed by atoms with Gasteiger partial charge in [0.2, 0.25) is 5.88 Å². The molecule has 0 aliphatic rings. The van der Waals surface area contributed by atoms with Crippen molar-refractivity contribution in [2.75, 3.05) is 17.7 Å². The second-order valence-corrected chi connectivity index (χ2v) is 4.93. The number of nitrogen functional groups attached to an aromatic ring is 1. The van der Waals surface area contributed by atoms with Crippen LogP contribution in [0.2, 0.25) is 0 Å². The van der Waals surface area contributed by atoms with Crippen LogP contribution in [-0.2, 0) is 0 Å². The number of anilines is 3. The zero-order valence-electron chi connectivity index (χ0n) is 12.3. The number of benzene rings is 1. The molecular weight excluding hydrogens is 252 g/mol. The summed E-state index contributed by atoms with van der Waals surface area (Å²) in [7, 11) is 1.93. The van der Waals surface area contributed by atoms with E-state index in [-0.39, 0.29) is 6.10 Å². The molecule has 2 rings (SSSR count). The van der Waals surface area contributed by atoms with Crippen molar-refractivity contribution in [2.45, 2.75) is 26.9 Å². The van der Waals surface area contributed by atoms with Gasteiger partial charge in [0, 0.05) is 12.7 Å². The molecule has 5 heteroatoms. The summed E-state index contributed by atoms with van der Waals surface area (Å²) in [4.78, 5) is 10.3. The third-order valence-electron chi connectivity index (χ3n) is 2.97. The number of ether oxygens (including phenoxy) is 1. The third kappa shape index (κ3) is 2.82. The number of hydrogen-bond acceptors (Lipinski definition) is 5. The monoisotopic (exact) mass is 272 g/mol. The van der Waals surface area contributed by atoms with Gasteiger partial charge in [-0.25, -0.2) is 4.98 Å². The van der Waals surface area contributed by atoms with E-state index in [0.29, 0.717) is 17.4 Å². The molecule has 0 fully saturated rings. The molecule has 2 N–H and O–H groups in total. The quantitative estimate of drug-likeness (QED) is 0.927. The lowest BCUT2D eigenvalue weighted by Crippen LogP contribution is -2.17. The van der Waals surface area contributed by atoms with E-state index in [2.05, 4.69) is 23.0 Å². The molecule has 0 aliphatic heterocycles. The van der Waals surface area contributed by atoms with Gasteiger partial charge in [-0.2, -0.15) is 4.98 Å². The van der Waals surface area contributed by atoms with Crippen LogP contribution in [0.25, 0.3) is 0 Å². The topological polar surface area (TPSA) is 64.3 Å². The Morgan fingerprint density at radius 3 is 2.55 bits per heavy atom. The Labute approximate surface area is 119 Å². The summed E-state index contributed by atoms with van der Waals surface area (Å²) in [6, 6.07) is 8.07. The van der Waals surface area contributed by atoms with Crippen molar-refractivity contribution in [2.24, 2.45) is 0 Å². The molecular formula is C15H20N4O. The minimum absolute atomic E-state index is 0.0174. The maximum absolute atomic E-state index is 6.13. The summed E-state index contributed by atoms with van der Waals surface area (Å²) >= 11 is 0. The maximum atomic E-state index is 6.13. The van der Waals surface area contributed by atoms with Crippen molar-refractivity contribution in [3.8, 4) is 5.88 Å². The average molecular weight is 272 g/mol. The van der Waals surface area contributed by atoms with Crippen LogP contribution >= 0.6 is 0 Å². The summed E-state index contributed by atoms with van der Waals surface area (Å²) < 4.78 is 5.60. The summed E-state index contributed by atoms with van der Waals surface area (Å²) in [5.74, 6) is 1.07. The lowest BCUT2D eigenvalue weighted by molar-refractivity contribution is 0.234. The van der Waals surface area contributed by atoms with Gasteiger partial charge < -0.3 is 15.4 Å². The molecule has 0 saturated heterocycles. The number of para-hydroxylation sites is 1. The first-order chi connectivity index (χ1) is 9.50. The summed E-state index contributed by atoms with van der Waals surface area (Å²) in [6.07, 6.45) is 1.49. The van der Waals surface area contributed by atoms with Crippen LogP contribution in [-0.4, -0.2) is 23.1 Å². The number of rotatable bonds is 4. The molecule has 0 amide bonds. The van der Waals surface area contributed by atoms with Crippen LogP contribution in [0.3, 0.4) is 0 Å². The minimum atomic E-state index is 0.0174. The molecule has 0 radical (unpaired) electrons. The second-order valence-electron chi connectivity index (χ2n) is 4.93. The van der Waals surface area contributed by atoms with Crippen LogP contribution in [0.4, 0.5) is 17.2 Å². The molecule has 0 aliphatic carbocycles. The Morgan fingerprint density at radius 2 is 1.90 bits per heavy atom. The fourth-order valence-electron chi connectivity index (χ4n) is 2.01. The van der Waals surface area contributed by atoms with Crippen molar-refractivity contribution in [1.29, 1.82) is 0 Å².